The molecule has 0 saturated carbocycles. The lowest BCUT2D eigenvalue weighted by Gasteiger charge is -2.25. The zero-order valence-corrected chi connectivity index (χ0v) is 20.6. The molecule has 0 amide bonds. The fraction of sp³-hybridized carbons (Fsp3) is 0.529. The van der Waals surface area contributed by atoms with Crippen molar-refractivity contribution < 1.29 is 8.23 Å². The molecular formula is C17H32O2Si3. The Balaban J connectivity index is 3.49. The number of allylic oxidation sites excluding steroid dienone is 2. The van der Waals surface area contributed by atoms with Gasteiger partial charge in [0.15, 0.2) is 9.76 Å². The molecule has 1 aromatic carbocycles. The van der Waals surface area contributed by atoms with Gasteiger partial charge in [-0.2, -0.15) is 0 Å². The minimum atomic E-state index is -0.710. The molecule has 0 saturated heterocycles. The molecule has 0 atom stereocenters. The first-order valence-corrected chi connectivity index (χ1v) is 11.3. The quantitative estimate of drug-likeness (QED) is 0.576. The molecule has 2 nitrogen and oxygen atoms in total. The van der Waals surface area contributed by atoms with E-state index in [1.807, 2.05) is 0 Å². The average molecular weight is 353 g/mol. The maximum absolute atomic E-state index is 5.89. The van der Waals surface area contributed by atoms with Crippen LogP contribution in [0.1, 0.15) is 54.2 Å². The molecule has 1 aromatic rings. The molecule has 0 bridgehead atoms. The Morgan fingerprint density at radius 2 is 1.36 bits per heavy atom. The van der Waals surface area contributed by atoms with Crippen molar-refractivity contribution in [2.24, 2.45) is 5.92 Å². The van der Waals surface area contributed by atoms with Gasteiger partial charge in [0.2, 0.25) is 0 Å². The van der Waals surface area contributed by atoms with Crippen molar-refractivity contribution in [3.8, 4) is 0 Å². The smallest absolute Gasteiger partial charge is 0.283 e. The molecule has 0 aliphatic rings. The van der Waals surface area contributed by atoms with Crippen LogP contribution in [-0.4, -0.2) is 30.3 Å². The Bertz CT molecular complexity index is 549. The molecule has 0 unspecified atom stereocenters. The van der Waals surface area contributed by atoms with Crippen molar-refractivity contribution in [2.75, 3.05) is 0 Å². The van der Waals surface area contributed by atoms with Crippen LogP contribution in [-0.2, 0) is 8.23 Å². The molecule has 0 aliphatic heterocycles. The highest BCUT2D eigenvalue weighted by molar-refractivity contribution is 6.48. The summed E-state index contributed by atoms with van der Waals surface area (Å²) in [6, 6.07) is 0. The molecule has 1 rings (SSSR count). The monoisotopic (exact) mass is 352 g/mol. The molecule has 0 spiro atoms. The molecule has 124 valence electrons. The van der Waals surface area contributed by atoms with Crippen LogP contribution in [0.25, 0.3) is 5.57 Å². The predicted molar refractivity (Wildman–Crippen MR) is 107 cm³/mol. The molecule has 0 radical (unpaired) electrons. The van der Waals surface area contributed by atoms with E-state index >= 15 is 0 Å². The second-order valence-electron chi connectivity index (χ2n) is 6.60. The van der Waals surface area contributed by atoms with E-state index in [1.165, 1.54) is 44.2 Å². The standard InChI is InChI=1S/C17H32O2Si3/c1-9(2)16(15(8)21-19-22-18-20)17-13(6)11(4)10(3)12(5)14(17)7/h9H,21-22H2,1-8,20H3. The highest BCUT2D eigenvalue weighted by Gasteiger charge is 2.19. The minimum absolute atomic E-state index is 0.522. The van der Waals surface area contributed by atoms with E-state index in [4.69, 9.17) is 8.23 Å². The minimum Gasteiger partial charge on any atom is -0.449 e. The molecule has 5 heteroatoms. The maximum Gasteiger partial charge on any atom is 0.283 e. The number of rotatable bonds is 6. The van der Waals surface area contributed by atoms with E-state index in [0.29, 0.717) is 5.92 Å². The van der Waals surface area contributed by atoms with E-state index < -0.39 is 19.8 Å². The van der Waals surface area contributed by atoms with Gasteiger partial charge in [0.25, 0.3) is 10.0 Å². The Morgan fingerprint density at radius 3 is 1.77 bits per heavy atom. The first-order chi connectivity index (χ1) is 10.2. The average Bonchev–Trinajstić information content (AvgIpc) is 2.47. The number of benzene rings is 1. The van der Waals surface area contributed by atoms with Crippen molar-refractivity contribution >= 4 is 35.8 Å². The normalized spacial score (nSPS) is 14.0. The Hall–Kier alpha value is -0.469. The summed E-state index contributed by atoms with van der Waals surface area (Å²) in [6.45, 7) is 18.2. The van der Waals surface area contributed by atoms with Gasteiger partial charge in [-0.15, -0.1) is 0 Å². The van der Waals surface area contributed by atoms with Crippen LogP contribution in [0.3, 0.4) is 0 Å². The van der Waals surface area contributed by atoms with Crippen molar-refractivity contribution in [1.82, 2.24) is 0 Å². The van der Waals surface area contributed by atoms with E-state index in [0.717, 1.165) is 10.5 Å². The van der Waals surface area contributed by atoms with E-state index in [1.54, 1.807) is 0 Å². The summed E-state index contributed by atoms with van der Waals surface area (Å²) in [5.74, 6) is 0.522. The summed E-state index contributed by atoms with van der Waals surface area (Å²) >= 11 is 0. The lowest BCUT2D eigenvalue weighted by molar-refractivity contribution is 0.505. The first kappa shape index (κ1) is 19.6. The van der Waals surface area contributed by atoms with Gasteiger partial charge < -0.3 is 8.23 Å². The molecule has 0 N–H and O–H groups in total. The summed E-state index contributed by atoms with van der Waals surface area (Å²) < 4.78 is 11.2. The molecule has 0 aliphatic carbocycles. The van der Waals surface area contributed by atoms with Crippen LogP contribution in [0.4, 0.5) is 0 Å². The van der Waals surface area contributed by atoms with Crippen LogP contribution >= 0.6 is 0 Å². The van der Waals surface area contributed by atoms with E-state index in [2.05, 4.69) is 55.4 Å². The second-order valence-corrected chi connectivity index (χ2v) is 12.1. The van der Waals surface area contributed by atoms with Gasteiger partial charge >= 0.3 is 0 Å². The van der Waals surface area contributed by atoms with Crippen molar-refractivity contribution in [1.29, 1.82) is 0 Å². The number of hydrogen-bond acceptors (Lipinski definition) is 2. The van der Waals surface area contributed by atoms with Crippen LogP contribution in [0.15, 0.2) is 5.20 Å². The third-order valence-corrected chi connectivity index (χ3v) is 8.07. The lowest BCUT2D eigenvalue weighted by atomic mass is 9.82. The van der Waals surface area contributed by atoms with Gasteiger partial charge in [-0.1, -0.05) is 19.0 Å². The van der Waals surface area contributed by atoms with Crippen molar-refractivity contribution in [3.63, 3.8) is 0 Å². The molecule has 0 fully saturated rings. The first-order valence-electron chi connectivity index (χ1n) is 8.07. The summed E-state index contributed by atoms with van der Waals surface area (Å²) in [7, 11) is -0.542. The van der Waals surface area contributed by atoms with Crippen molar-refractivity contribution in [3.05, 3.63) is 38.6 Å². The third-order valence-electron chi connectivity index (χ3n) is 4.83. The molecule has 0 heterocycles. The SMILES string of the molecule is CC([SiH2]O[SiH2]O[SiH3])=C(c1c(C)c(C)c(C)c(C)c1C)C(C)C. The van der Waals surface area contributed by atoms with Crippen LogP contribution in [0, 0.1) is 40.5 Å². The van der Waals surface area contributed by atoms with Crippen molar-refractivity contribution in [2.45, 2.75) is 55.4 Å². The van der Waals surface area contributed by atoms with Gasteiger partial charge in [0, 0.05) is 0 Å². The fourth-order valence-corrected chi connectivity index (χ4v) is 7.72. The van der Waals surface area contributed by atoms with Gasteiger partial charge in [-0.3, -0.25) is 0 Å². The van der Waals surface area contributed by atoms with E-state index in [-0.39, 0.29) is 0 Å². The zero-order chi connectivity index (χ0) is 17.0. The summed E-state index contributed by atoms with van der Waals surface area (Å²) in [6.07, 6.45) is 0. The predicted octanol–water partition coefficient (Wildman–Crippen LogP) is 2.01. The summed E-state index contributed by atoms with van der Waals surface area (Å²) in [5.41, 5.74) is 10.2. The molecule has 22 heavy (non-hydrogen) atoms. The van der Waals surface area contributed by atoms with E-state index in [9.17, 15) is 0 Å². The Kier molecular flexibility index (Phi) is 7.48. The van der Waals surface area contributed by atoms with Crippen LogP contribution in [0.5, 0.6) is 0 Å². The highest BCUT2D eigenvalue weighted by Crippen LogP contribution is 2.36. The highest BCUT2D eigenvalue weighted by atomic mass is 28.3. The van der Waals surface area contributed by atoms with Crippen LogP contribution in [0.2, 0.25) is 0 Å². The lowest BCUT2D eigenvalue weighted by Crippen LogP contribution is -2.13. The summed E-state index contributed by atoms with van der Waals surface area (Å²) in [5, 5.41) is 1.48. The molecule has 0 aromatic heterocycles. The van der Waals surface area contributed by atoms with Gasteiger partial charge in [0.05, 0.1) is 0 Å². The number of hydrogen-bond donors (Lipinski definition) is 0. The topological polar surface area (TPSA) is 18.5 Å². The maximum atomic E-state index is 5.89. The fourth-order valence-electron chi connectivity index (χ4n) is 3.25. The van der Waals surface area contributed by atoms with Gasteiger partial charge in [-0.25, -0.2) is 0 Å². The second kappa shape index (κ2) is 8.40. The molecular weight excluding hydrogens is 320 g/mol. The Morgan fingerprint density at radius 1 is 0.909 bits per heavy atom. The largest absolute Gasteiger partial charge is 0.449 e. The summed E-state index contributed by atoms with van der Waals surface area (Å²) in [4.78, 5) is 0. The Labute approximate surface area is 144 Å². The third kappa shape index (κ3) is 4.08. The zero-order valence-electron chi connectivity index (χ0n) is 15.8. The van der Waals surface area contributed by atoms with Gasteiger partial charge in [0.1, 0.15) is 10.5 Å². The van der Waals surface area contributed by atoms with Crippen LogP contribution < -0.4 is 0 Å². The van der Waals surface area contributed by atoms with Gasteiger partial charge in [-0.05, 0) is 86.4 Å².